The smallest absolute Gasteiger partial charge is 0.433 e. The number of para-hydroxylation sites is 2. The number of hydrogen-bond acceptors (Lipinski definition) is 5. The standard InChI is InChI=1S/C13H13F3N4O/c1-2-21-9-6-4-3-5-8(9)18-11-7-10(13(14,15)16)19-12(17)20-11/h3-7H,2H2,1H3,(H3,17,18,19,20). The van der Waals surface area contributed by atoms with Crippen molar-refractivity contribution in [3.63, 3.8) is 0 Å². The molecule has 21 heavy (non-hydrogen) atoms. The van der Waals surface area contributed by atoms with Gasteiger partial charge in [-0.25, -0.2) is 4.98 Å². The molecule has 2 aromatic rings. The molecule has 0 spiro atoms. The summed E-state index contributed by atoms with van der Waals surface area (Å²) in [5.74, 6) is -0.00561. The Bertz CT molecular complexity index is 631. The molecule has 3 N–H and O–H groups in total. The maximum atomic E-state index is 12.7. The zero-order valence-corrected chi connectivity index (χ0v) is 11.1. The number of benzene rings is 1. The van der Waals surface area contributed by atoms with Crippen LogP contribution in [0.5, 0.6) is 5.75 Å². The molecule has 0 fully saturated rings. The van der Waals surface area contributed by atoms with Crippen molar-refractivity contribution in [2.75, 3.05) is 17.7 Å². The summed E-state index contributed by atoms with van der Waals surface area (Å²) in [5.41, 5.74) is 4.70. The van der Waals surface area contributed by atoms with Gasteiger partial charge in [-0.3, -0.25) is 0 Å². The Labute approximate surface area is 119 Å². The number of ether oxygens (including phenoxy) is 1. The Balaban J connectivity index is 2.34. The molecule has 1 aromatic heterocycles. The number of nitrogen functional groups attached to an aromatic ring is 1. The van der Waals surface area contributed by atoms with Gasteiger partial charge in [0.1, 0.15) is 11.6 Å². The molecule has 0 atom stereocenters. The molecule has 0 aliphatic rings. The molecule has 0 saturated heterocycles. The topological polar surface area (TPSA) is 73.1 Å². The van der Waals surface area contributed by atoms with Crippen LogP contribution in [0.3, 0.4) is 0 Å². The first-order valence-corrected chi connectivity index (χ1v) is 6.10. The van der Waals surface area contributed by atoms with Crippen molar-refractivity contribution in [1.82, 2.24) is 9.97 Å². The van der Waals surface area contributed by atoms with Crippen LogP contribution in [0.1, 0.15) is 12.6 Å². The molecule has 0 amide bonds. The molecule has 0 saturated carbocycles. The number of aromatic nitrogens is 2. The Morgan fingerprint density at radius 2 is 1.95 bits per heavy atom. The number of anilines is 3. The van der Waals surface area contributed by atoms with Gasteiger partial charge in [-0.1, -0.05) is 12.1 Å². The van der Waals surface area contributed by atoms with E-state index in [2.05, 4.69) is 15.3 Å². The van der Waals surface area contributed by atoms with Crippen molar-refractivity contribution in [1.29, 1.82) is 0 Å². The Kier molecular flexibility index (Phi) is 4.15. The molecule has 2 rings (SSSR count). The van der Waals surface area contributed by atoms with E-state index in [0.29, 0.717) is 18.0 Å². The second-order valence-electron chi connectivity index (χ2n) is 4.05. The minimum Gasteiger partial charge on any atom is -0.492 e. The molecular formula is C13H13F3N4O. The molecule has 0 radical (unpaired) electrons. The number of rotatable bonds is 4. The first-order valence-electron chi connectivity index (χ1n) is 6.10. The lowest BCUT2D eigenvalue weighted by molar-refractivity contribution is -0.141. The minimum atomic E-state index is -4.59. The fourth-order valence-corrected chi connectivity index (χ4v) is 1.66. The van der Waals surface area contributed by atoms with Crippen LogP contribution >= 0.6 is 0 Å². The second kappa shape index (κ2) is 5.86. The zero-order chi connectivity index (χ0) is 15.5. The molecule has 1 aromatic carbocycles. The molecule has 5 nitrogen and oxygen atoms in total. The summed E-state index contributed by atoms with van der Waals surface area (Å²) in [5, 5.41) is 2.75. The third-order valence-corrected chi connectivity index (χ3v) is 2.48. The molecule has 112 valence electrons. The summed E-state index contributed by atoms with van der Waals surface area (Å²) in [6, 6.07) is 7.63. The first kappa shape index (κ1) is 14.9. The van der Waals surface area contributed by atoms with Gasteiger partial charge in [-0.2, -0.15) is 18.2 Å². The van der Waals surface area contributed by atoms with Gasteiger partial charge in [0.25, 0.3) is 0 Å². The lowest BCUT2D eigenvalue weighted by atomic mass is 10.3. The largest absolute Gasteiger partial charge is 0.492 e. The summed E-state index contributed by atoms with van der Waals surface area (Å²) in [6.45, 7) is 2.24. The second-order valence-corrected chi connectivity index (χ2v) is 4.05. The number of hydrogen-bond donors (Lipinski definition) is 2. The molecular weight excluding hydrogens is 285 g/mol. The van der Waals surface area contributed by atoms with Gasteiger partial charge < -0.3 is 15.8 Å². The van der Waals surface area contributed by atoms with E-state index in [1.165, 1.54) is 0 Å². The van der Waals surface area contributed by atoms with Crippen LogP contribution in [0.4, 0.5) is 30.6 Å². The van der Waals surface area contributed by atoms with E-state index in [1.807, 2.05) is 0 Å². The average Bonchev–Trinajstić information content (AvgIpc) is 2.40. The first-order chi connectivity index (χ1) is 9.90. The summed E-state index contributed by atoms with van der Waals surface area (Å²) in [6.07, 6.45) is -4.59. The van der Waals surface area contributed by atoms with E-state index in [4.69, 9.17) is 10.5 Å². The third-order valence-electron chi connectivity index (χ3n) is 2.48. The highest BCUT2D eigenvalue weighted by Crippen LogP contribution is 2.31. The Morgan fingerprint density at radius 1 is 1.24 bits per heavy atom. The van der Waals surface area contributed by atoms with Crippen LogP contribution in [0.25, 0.3) is 0 Å². The predicted molar refractivity (Wildman–Crippen MR) is 72.3 cm³/mol. The molecule has 8 heteroatoms. The average molecular weight is 298 g/mol. The number of halogens is 3. The van der Waals surface area contributed by atoms with E-state index >= 15 is 0 Å². The maximum Gasteiger partial charge on any atom is 0.433 e. The highest BCUT2D eigenvalue weighted by Gasteiger charge is 2.33. The monoisotopic (exact) mass is 298 g/mol. The fourth-order valence-electron chi connectivity index (χ4n) is 1.66. The number of nitrogens with zero attached hydrogens (tertiary/aromatic N) is 2. The van der Waals surface area contributed by atoms with Gasteiger partial charge in [0, 0.05) is 6.07 Å². The van der Waals surface area contributed by atoms with Crippen molar-refractivity contribution in [3.05, 3.63) is 36.0 Å². The van der Waals surface area contributed by atoms with Gasteiger partial charge in [0.15, 0.2) is 5.69 Å². The van der Waals surface area contributed by atoms with Gasteiger partial charge in [0.2, 0.25) is 5.95 Å². The van der Waals surface area contributed by atoms with E-state index in [1.54, 1.807) is 31.2 Å². The molecule has 0 aliphatic carbocycles. The van der Waals surface area contributed by atoms with Crippen molar-refractivity contribution < 1.29 is 17.9 Å². The van der Waals surface area contributed by atoms with Crippen LogP contribution in [0.2, 0.25) is 0 Å². The van der Waals surface area contributed by atoms with Crippen LogP contribution in [0.15, 0.2) is 30.3 Å². The highest BCUT2D eigenvalue weighted by atomic mass is 19.4. The quantitative estimate of drug-likeness (QED) is 0.906. The molecule has 0 bridgehead atoms. The van der Waals surface area contributed by atoms with Crippen LogP contribution in [-0.2, 0) is 6.18 Å². The van der Waals surface area contributed by atoms with E-state index in [-0.39, 0.29) is 5.82 Å². The van der Waals surface area contributed by atoms with Crippen molar-refractivity contribution in [3.8, 4) is 5.75 Å². The highest BCUT2D eigenvalue weighted by molar-refractivity contribution is 5.64. The number of nitrogens with one attached hydrogen (secondary N) is 1. The van der Waals surface area contributed by atoms with Crippen LogP contribution < -0.4 is 15.8 Å². The van der Waals surface area contributed by atoms with Gasteiger partial charge >= 0.3 is 6.18 Å². The minimum absolute atomic E-state index is 0.0537. The summed E-state index contributed by atoms with van der Waals surface area (Å²) >= 11 is 0. The summed E-state index contributed by atoms with van der Waals surface area (Å²) in [4.78, 5) is 6.92. The van der Waals surface area contributed by atoms with Gasteiger partial charge in [-0.05, 0) is 19.1 Å². The SMILES string of the molecule is CCOc1ccccc1Nc1cc(C(F)(F)F)nc(N)n1. The van der Waals surface area contributed by atoms with E-state index < -0.39 is 17.8 Å². The Hall–Kier alpha value is -2.51. The maximum absolute atomic E-state index is 12.7. The fraction of sp³-hybridized carbons (Fsp3) is 0.231. The lowest BCUT2D eigenvalue weighted by Gasteiger charge is -2.13. The normalized spacial score (nSPS) is 11.2. The molecule has 0 unspecified atom stereocenters. The zero-order valence-electron chi connectivity index (χ0n) is 11.1. The van der Waals surface area contributed by atoms with Gasteiger partial charge in [-0.15, -0.1) is 0 Å². The van der Waals surface area contributed by atoms with Crippen LogP contribution in [-0.4, -0.2) is 16.6 Å². The number of nitrogens with two attached hydrogens (primary N) is 1. The van der Waals surface area contributed by atoms with E-state index in [9.17, 15) is 13.2 Å². The van der Waals surface area contributed by atoms with Crippen molar-refractivity contribution >= 4 is 17.5 Å². The molecule has 1 heterocycles. The summed E-state index contributed by atoms with van der Waals surface area (Å²) < 4.78 is 43.4. The van der Waals surface area contributed by atoms with E-state index in [0.717, 1.165) is 6.07 Å². The third kappa shape index (κ3) is 3.74. The van der Waals surface area contributed by atoms with Crippen LogP contribution in [0, 0.1) is 0 Å². The lowest BCUT2D eigenvalue weighted by Crippen LogP contribution is -2.12. The molecule has 0 aliphatic heterocycles. The Morgan fingerprint density at radius 3 is 2.62 bits per heavy atom. The predicted octanol–water partition coefficient (Wildman–Crippen LogP) is 3.22. The van der Waals surface area contributed by atoms with Gasteiger partial charge in [0.05, 0.1) is 12.3 Å². The summed E-state index contributed by atoms with van der Waals surface area (Å²) in [7, 11) is 0. The number of alkyl halides is 3. The van der Waals surface area contributed by atoms with Crippen molar-refractivity contribution in [2.45, 2.75) is 13.1 Å². The van der Waals surface area contributed by atoms with Crippen molar-refractivity contribution in [2.24, 2.45) is 0 Å².